The van der Waals surface area contributed by atoms with Crippen molar-refractivity contribution < 1.29 is 9.53 Å². The van der Waals surface area contributed by atoms with Crippen molar-refractivity contribution in [2.45, 2.75) is 33.9 Å². The molecule has 0 radical (unpaired) electrons. The average Bonchev–Trinajstić information content (AvgIpc) is 3.12. The molecule has 0 aliphatic carbocycles. The predicted octanol–water partition coefficient (Wildman–Crippen LogP) is 2.97. The molecule has 0 amide bonds. The molecule has 0 spiro atoms. The fourth-order valence-corrected chi connectivity index (χ4v) is 2.75. The van der Waals surface area contributed by atoms with E-state index in [1.54, 1.807) is 13.0 Å². The first kappa shape index (κ1) is 17.0. The number of carbonyl (C=O) groups excluding carboxylic acids is 1. The number of ether oxygens (including phenoxy) is 1. The summed E-state index contributed by atoms with van der Waals surface area (Å²) < 4.78 is 8.81. The zero-order chi connectivity index (χ0) is 17.8. The zero-order valence-corrected chi connectivity index (χ0v) is 14.8. The van der Waals surface area contributed by atoms with Gasteiger partial charge >= 0.3 is 5.97 Å². The first-order chi connectivity index (χ1) is 12.1. The largest absolute Gasteiger partial charge is 0.461 e. The Morgan fingerprint density at radius 2 is 1.80 bits per heavy atom. The quantitative estimate of drug-likeness (QED) is 0.648. The lowest BCUT2D eigenvalue weighted by Gasteiger charge is -2.09. The highest BCUT2D eigenvalue weighted by molar-refractivity contribution is 5.87. The normalized spacial score (nSPS) is 10.8. The van der Waals surface area contributed by atoms with Crippen molar-refractivity contribution in [3.05, 3.63) is 70.8 Å². The van der Waals surface area contributed by atoms with Crippen molar-refractivity contribution in [3.63, 3.8) is 0 Å². The molecule has 0 saturated carbocycles. The summed E-state index contributed by atoms with van der Waals surface area (Å²) in [7, 11) is 0. The summed E-state index contributed by atoms with van der Waals surface area (Å²) in [6.45, 7) is 7.29. The van der Waals surface area contributed by atoms with Crippen LogP contribution in [-0.2, 0) is 17.8 Å². The van der Waals surface area contributed by atoms with Crippen LogP contribution in [0.15, 0.2) is 42.5 Å². The van der Waals surface area contributed by atoms with Gasteiger partial charge in [0.25, 0.3) is 0 Å². The average molecular weight is 338 g/mol. The number of aromatic nitrogens is 4. The van der Waals surface area contributed by atoms with Gasteiger partial charge in [-0.3, -0.25) is 9.36 Å². The minimum atomic E-state index is -0.390. The first-order valence-corrected chi connectivity index (χ1v) is 8.35. The molecule has 0 N–H and O–H groups in total. The molecular formula is C19H22N4O2. The Balaban J connectivity index is 1.83. The van der Waals surface area contributed by atoms with Crippen LogP contribution in [0.5, 0.6) is 0 Å². The van der Waals surface area contributed by atoms with E-state index in [2.05, 4.69) is 22.3 Å². The molecule has 6 nitrogen and oxygen atoms in total. The summed E-state index contributed by atoms with van der Waals surface area (Å²) in [5, 5.41) is 8.97. The second kappa shape index (κ2) is 7.34. The molecule has 0 unspecified atom stereocenters. The number of rotatable bonds is 6. The lowest BCUT2D eigenvalue weighted by Crippen LogP contribution is -2.13. The zero-order valence-electron chi connectivity index (χ0n) is 14.8. The van der Waals surface area contributed by atoms with Crippen LogP contribution in [0.2, 0.25) is 0 Å². The van der Waals surface area contributed by atoms with Gasteiger partial charge in [0, 0.05) is 5.69 Å². The van der Waals surface area contributed by atoms with Gasteiger partial charge in [0.15, 0.2) is 5.69 Å². The SMILES string of the molecule is CCOC(=O)c1cc(C)n(Cc2cc(C)nn2Cc2ccccc2)n1. The van der Waals surface area contributed by atoms with Gasteiger partial charge in [-0.25, -0.2) is 4.79 Å². The molecule has 2 aromatic heterocycles. The van der Waals surface area contributed by atoms with Crippen LogP contribution < -0.4 is 0 Å². The van der Waals surface area contributed by atoms with Crippen molar-refractivity contribution >= 4 is 5.97 Å². The number of esters is 1. The first-order valence-electron chi connectivity index (χ1n) is 8.35. The summed E-state index contributed by atoms with van der Waals surface area (Å²) in [6, 6.07) is 14.0. The molecule has 130 valence electrons. The lowest BCUT2D eigenvalue weighted by atomic mass is 10.2. The van der Waals surface area contributed by atoms with Crippen LogP contribution >= 0.6 is 0 Å². The molecule has 0 aliphatic rings. The number of carbonyl (C=O) groups is 1. The highest BCUT2D eigenvalue weighted by Crippen LogP contribution is 2.12. The maximum atomic E-state index is 11.9. The Bertz CT molecular complexity index is 865. The van der Waals surface area contributed by atoms with Gasteiger partial charge < -0.3 is 4.74 Å². The number of hydrogen-bond donors (Lipinski definition) is 0. The molecule has 2 heterocycles. The van der Waals surface area contributed by atoms with Crippen molar-refractivity contribution in [2.75, 3.05) is 6.61 Å². The minimum Gasteiger partial charge on any atom is -0.461 e. The summed E-state index contributed by atoms with van der Waals surface area (Å²) in [4.78, 5) is 11.9. The predicted molar refractivity (Wildman–Crippen MR) is 94.5 cm³/mol. The van der Waals surface area contributed by atoms with Crippen LogP contribution in [0.25, 0.3) is 0 Å². The Labute approximate surface area is 147 Å². The van der Waals surface area contributed by atoms with Gasteiger partial charge in [0.1, 0.15) is 0 Å². The van der Waals surface area contributed by atoms with Crippen LogP contribution in [0.3, 0.4) is 0 Å². The van der Waals surface area contributed by atoms with Crippen molar-refractivity contribution in [1.82, 2.24) is 19.6 Å². The molecule has 6 heteroatoms. The fraction of sp³-hybridized carbons (Fsp3) is 0.316. The van der Waals surface area contributed by atoms with Gasteiger partial charge in [-0.05, 0) is 38.5 Å². The van der Waals surface area contributed by atoms with E-state index < -0.39 is 5.97 Å². The Kier molecular flexibility index (Phi) is 4.97. The highest BCUT2D eigenvalue weighted by atomic mass is 16.5. The molecule has 0 saturated heterocycles. The van der Waals surface area contributed by atoms with E-state index in [1.807, 2.05) is 47.5 Å². The molecule has 0 atom stereocenters. The summed E-state index contributed by atoms with van der Waals surface area (Å²) >= 11 is 0. The van der Waals surface area contributed by atoms with E-state index >= 15 is 0 Å². The van der Waals surface area contributed by atoms with E-state index in [1.165, 1.54) is 5.56 Å². The van der Waals surface area contributed by atoms with Crippen LogP contribution in [0, 0.1) is 13.8 Å². The van der Waals surface area contributed by atoms with Crippen LogP contribution in [0.1, 0.15) is 40.1 Å². The second-order valence-corrected chi connectivity index (χ2v) is 5.97. The van der Waals surface area contributed by atoms with Gasteiger partial charge in [-0.15, -0.1) is 0 Å². The van der Waals surface area contributed by atoms with Gasteiger partial charge in [0.05, 0.1) is 31.1 Å². The van der Waals surface area contributed by atoms with Crippen molar-refractivity contribution in [1.29, 1.82) is 0 Å². The van der Waals surface area contributed by atoms with Crippen molar-refractivity contribution in [3.8, 4) is 0 Å². The van der Waals surface area contributed by atoms with E-state index in [0.29, 0.717) is 25.4 Å². The minimum absolute atomic E-state index is 0.338. The smallest absolute Gasteiger partial charge is 0.358 e. The summed E-state index contributed by atoms with van der Waals surface area (Å²) in [6.07, 6.45) is 0. The second-order valence-electron chi connectivity index (χ2n) is 5.97. The van der Waals surface area contributed by atoms with Gasteiger partial charge in [-0.2, -0.15) is 10.2 Å². The Hall–Kier alpha value is -2.89. The summed E-state index contributed by atoms with van der Waals surface area (Å²) in [5.74, 6) is -0.390. The summed E-state index contributed by atoms with van der Waals surface area (Å²) in [5.41, 5.74) is 4.44. The molecule has 25 heavy (non-hydrogen) atoms. The van der Waals surface area contributed by atoms with Crippen LogP contribution in [-0.4, -0.2) is 32.1 Å². The fourth-order valence-electron chi connectivity index (χ4n) is 2.75. The van der Waals surface area contributed by atoms with E-state index in [0.717, 1.165) is 17.1 Å². The number of hydrogen-bond acceptors (Lipinski definition) is 4. The third-order valence-corrected chi connectivity index (χ3v) is 3.94. The lowest BCUT2D eigenvalue weighted by molar-refractivity contribution is 0.0518. The Morgan fingerprint density at radius 1 is 1.04 bits per heavy atom. The maximum Gasteiger partial charge on any atom is 0.358 e. The van der Waals surface area contributed by atoms with E-state index in [-0.39, 0.29) is 0 Å². The molecule has 3 aromatic rings. The monoisotopic (exact) mass is 338 g/mol. The molecule has 0 aliphatic heterocycles. The maximum absolute atomic E-state index is 11.9. The number of benzene rings is 1. The Morgan fingerprint density at radius 3 is 2.52 bits per heavy atom. The molecule has 1 aromatic carbocycles. The van der Waals surface area contributed by atoms with E-state index in [4.69, 9.17) is 4.74 Å². The van der Waals surface area contributed by atoms with Gasteiger partial charge in [0.2, 0.25) is 0 Å². The standard InChI is InChI=1S/C19H22N4O2/c1-4-25-19(24)18-11-15(3)22(21-18)13-17-10-14(2)20-23(17)12-16-8-6-5-7-9-16/h5-11H,4,12-13H2,1-3H3. The van der Waals surface area contributed by atoms with Crippen LogP contribution in [0.4, 0.5) is 0 Å². The molecule has 0 bridgehead atoms. The topological polar surface area (TPSA) is 61.9 Å². The van der Waals surface area contributed by atoms with Crippen molar-refractivity contribution in [2.24, 2.45) is 0 Å². The molecule has 3 rings (SSSR count). The van der Waals surface area contributed by atoms with E-state index in [9.17, 15) is 4.79 Å². The molecule has 0 fully saturated rings. The van der Waals surface area contributed by atoms with Gasteiger partial charge in [-0.1, -0.05) is 30.3 Å². The number of nitrogens with zero attached hydrogens (tertiary/aromatic N) is 4. The third-order valence-electron chi connectivity index (χ3n) is 3.94. The third kappa shape index (κ3) is 3.96. The number of aryl methyl sites for hydroxylation is 2. The molecular weight excluding hydrogens is 316 g/mol. The highest BCUT2D eigenvalue weighted by Gasteiger charge is 2.15.